The Labute approximate surface area is 182 Å². The van der Waals surface area contributed by atoms with Crippen molar-refractivity contribution in [1.29, 1.82) is 0 Å². The highest BCUT2D eigenvalue weighted by atomic mass is 35.5. The Bertz CT molecular complexity index is 1150. The number of benzene rings is 2. The summed E-state index contributed by atoms with van der Waals surface area (Å²) in [7, 11) is 0. The molecule has 0 atom stereocenters. The number of halogens is 2. The molecule has 0 unspecified atom stereocenters. The summed E-state index contributed by atoms with van der Waals surface area (Å²) in [5.74, 6) is 0.710. The molecule has 30 heavy (non-hydrogen) atoms. The van der Waals surface area contributed by atoms with Gasteiger partial charge in [-0.15, -0.1) is 0 Å². The van der Waals surface area contributed by atoms with Crippen LogP contribution in [0, 0.1) is 0 Å². The molecule has 0 spiro atoms. The SMILES string of the molecule is O=C(Nc1ccn(Cc2ccc(Cl)cc2)n1)c1ccn(COc2cccc(Cl)c2)n1. The van der Waals surface area contributed by atoms with Crippen LogP contribution in [0.2, 0.25) is 10.0 Å². The molecule has 2 aromatic carbocycles. The molecule has 2 heterocycles. The van der Waals surface area contributed by atoms with E-state index in [4.69, 9.17) is 27.9 Å². The van der Waals surface area contributed by atoms with Gasteiger partial charge < -0.3 is 10.1 Å². The molecule has 4 aromatic rings. The second-order valence-corrected chi connectivity index (χ2v) is 7.32. The Balaban J connectivity index is 1.33. The van der Waals surface area contributed by atoms with Crippen molar-refractivity contribution in [3.63, 3.8) is 0 Å². The van der Waals surface area contributed by atoms with Gasteiger partial charge in [0.25, 0.3) is 5.91 Å². The fourth-order valence-corrected chi connectivity index (χ4v) is 3.03. The van der Waals surface area contributed by atoms with Gasteiger partial charge in [0.15, 0.2) is 18.2 Å². The topological polar surface area (TPSA) is 74.0 Å². The zero-order valence-corrected chi connectivity index (χ0v) is 17.2. The molecule has 9 heteroatoms. The zero-order chi connectivity index (χ0) is 20.9. The van der Waals surface area contributed by atoms with Gasteiger partial charge in [-0.05, 0) is 42.0 Å². The molecule has 0 bridgehead atoms. The van der Waals surface area contributed by atoms with E-state index in [-0.39, 0.29) is 18.3 Å². The molecule has 0 aliphatic rings. The molecule has 1 amide bonds. The number of aromatic nitrogens is 4. The average Bonchev–Trinajstić information content (AvgIpc) is 3.38. The molecular weight excluding hydrogens is 425 g/mol. The Morgan fingerprint density at radius 3 is 2.53 bits per heavy atom. The molecule has 2 aromatic heterocycles. The number of hydrogen-bond acceptors (Lipinski definition) is 4. The Morgan fingerprint density at radius 2 is 1.73 bits per heavy atom. The van der Waals surface area contributed by atoms with Crippen LogP contribution in [0.15, 0.2) is 73.1 Å². The van der Waals surface area contributed by atoms with Crippen LogP contribution in [-0.2, 0) is 13.3 Å². The normalized spacial score (nSPS) is 10.7. The van der Waals surface area contributed by atoms with Crippen molar-refractivity contribution >= 4 is 34.9 Å². The molecule has 1 N–H and O–H groups in total. The fourth-order valence-electron chi connectivity index (χ4n) is 2.73. The zero-order valence-electron chi connectivity index (χ0n) is 15.7. The second-order valence-electron chi connectivity index (χ2n) is 6.45. The largest absolute Gasteiger partial charge is 0.471 e. The number of rotatable bonds is 7. The van der Waals surface area contributed by atoms with E-state index in [1.165, 1.54) is 4.68 Å². The van der Waals surface area contributed by atoms with Crippen molar-refractivity contribution in [1.82, 2.24) is 19.6 Å². The maximum absolute atomic E-state index is 12.4. The Kier molecular flexibility index (Phi) is 6.02. The first-order chi connectivity index (χ1) is 14.5. The van der Waals surface area contributed by atoms with Crippen LogP contribution in [0.3, 0.4) is 0 Å². The minimum atomic E-state index is -0.353. The van der Waals surface area contributed by atoms with E-state index in [1.807, 2.05) is 24.3 Å². The molecule has 4 rings (SSSR count). The second kappa shape index (κ2) is 9.02. The summed E-state index contributed by atoms with van der Waals surface area (Å²) in [6.45, 7) is 0.728. The first-order valence-electron chi connectivity index (χ1n) is 9.06. The number of hydrogen-bond donors (Lipinski definition) is 1. The number of anilines is 1. The number of carbonyl (C=O) groups is 1. The van der Waals surface area contributed by atoms with E-state index in [0.717, 1.165) is 5.56 Å². The van der Waals surface area contributed by atoms with Gasteiger partial charge in [0.2, 0.25) is 0 Å². The minimum Gasteiger partial charge on any atom is -0.471 e. The van der Waals surface area contributed by atoms with Crippen molar-refractivity contribution in [2.45, 2.75) is 13.3 Å². The predicted octanol–water partition coefficient (Wildman–Crippen LogP) is 4.72. The lowest BCUT2D eigenvalue weighted by molar-refractivity contribution is 0.101. The van der Waals surface area contributed by atoms with Crippen molar-refractivity contribution in [2.24, 2.45) is 0 Å². The average molecular weight is 442 g/mol. The molecule has 0 aliphatic carbocycles. The predicted molar refractivity (Wildman–Crippen MR) is 115 cm³/mol. The van der Waals surface area contributed by atoms with E-state index in [1.54, 1.807) is 53.5 Å². The van der Waals surface area contributed by atoms with Gasteiger partial charge in [-0.25, -0.2) is 4.68 Å². The van der Waals surface area contributed by atoms with Gasteiger partial charge in [0, 0.05) is 28.5 Å². The van der Waals surface area contributed by atoms with Gasteiger partial charge in [-0.3, -0.25) is 9.48 Å². The quantitative estimate of drug-likeness (QED) is 0.450. The van der Waals surface area contributed by atoms with Crippen LogP contribution in [0.4, 0.5) is 5.82 Å². The lowest BCUT2D eigenvalue weighted by Crippen LogP contribution is -2.15. The number of ether oxygens (including phenoxy) is 1. The maximum atomic E-state index is 12.4. The fraction of sp³-hybridized carbons (Fsp3) is 0.0952. The first kappa shape index (κ1) is 20.0. The summed E-state index contributed by atoms with van der Waals surface area (Å²) in [4.78, 5) is 12.4. The summed E-state index contributed by atoms with van der Waals surface area (Å²) in [6, 6.07) is 17.9. The van der Waals surface area contributed by atoms with Gasteiger partial charge in [0.05, 0.1) is 6.54 Å². The Morgan fingerprint density at radius 1 is 0.933 bits per heavy atom. The smallest absolute Gasteiger partial charge is 0.277 e. The van der Waals surface area contributed by atoms with Crippen LogP contribution in [0.1, 0.15) is 16.1 Å². The van der Waals surface area contributed by atoms with Crippen LogP contribution in [0.5, 0.6) is 5.75 Å². The third kappa shape index (κ3) is 5.20. The molecule has 0 aliphatic heterocycles. The van der Waals surface area contributed by atoms with Crippen molar-refractivity contribution in [2.75, 3.05) is 5.32 Å². The van der Waals surface area contributed by atoms with Gasteiger partial charge in [0.1, 0.15) is 5.75 Å². The number of nitrogens with one attached hydrogen (secondary N) is 1. The minimum absolute atomic E-state index is 0.156. The summed E-state index contributed by atoms with van der Waals surface area (Å²) < 4.78 is 8.87. The van der Waals surface area contributed by atoms with E-state index in [9.17, 15) is 4.79 Å². The molecule has 0 fully saturated rings. The van der Waals surface area contributed by atoms with Crippen molar-refractivity contribution < 1.29 is 9.53 Å². The highest BCUT2D eigenvalue weighted by Gasteiger charge is 2.12. The summed E-state index contributed by atoms with van der Waals surface area (Å²) in [6.07, 6.45) is 3.46. The summed E-state index contributed by atoms with van der Waals surface area (Å²) in [5, 5.41) is 12.6. The lowest BCUT2D eigenvalue weighted by atomic mass is 10.2. The highest BCUT2D eigenvalue weighted by Crippen LogP contribution is 2.17. The van der Waals surface area contributed by atoms with E-state index in [2.05, 4.69) is 15.5 Å². The number of nitrogens with zero attached hydrogens (tertiary/aromatic N) is 4. The van der Waals surface area contributed by atoms with E-state index >= 15 is 0 Å². The highest BCUT2D eigenvalue weighted by molar-refractivity contribution is 6.30. The number of carbonyl (C=O) groups excluding carboxylic acids is 1. The summed E-state index contributed by atoms with van der Waals surface area (Å²) in [5.41, 5.74) is 1.32. The molecule has 7 nitrogen and oxygen atoms in total. The Hall–Kier alpha value is -3.29. The van der Waals surface area contributed by atoms with E-state index < -0.39 is 0 Å². The van der Waals surface area contributed by atoms with Gasteiger partial charge >= 0.3 is 0 Å². The summed E-state index contributed by atoms with van der Waals surface area (Å²) >= 11 is 11.8. The van der Waals surface area contributed by atoms with Gasteiger partial charge in [-0.1, -0.05) is 41.4 Å². The first-order valence-corrected chi connectivity index (χ1v) is 9.82. The third-order valence-corrected chi connectivity index (χ3v) is 4.66. The molecule has 0 radical (unpaired) electrons. The standard InChI is InChI=1S/C21H17Cl2N5O2/c22-16-6-4-15(5-7-16)13-27-11-9-20(26-27)24-21(29)19-8-10-28(25-19)14-30-18-3-1-2-17(23)12-18/h1-12H,13-14H2,(H,24,26,29). The molecule has 152 valence electrons. The third-order valence-electron chi connectivity index (χ3n) is 4.17. The molecular formula is C21H17Cl2N5O2. The van der Waals surface area contributed by atoms with Crippen LogP contribution in [-0.4, -0.2) is 25.5 Å². The monoisotopic (exact) mass is 441 g/mol. The molecule has 0 saturated heterocycles. The van der Waals surface area contributed by atoms with Crippen molar-refractivity contribution in [3.8, 4) is 5.75 Å². The lowest BCUT2D eigenvalue weighted by Gasteiger charge is -2.06. The maximum Gasteiger partial charge on any atom is 0.277 e. The van der Waals surface area contributed by atoms with Crippen LogP contribution in [0.25, 0.3) is 0 Å². The molecule has 0 saturated carbocycles. The number of amides is 1. The van der Waals surface area contributed by atoms with E-state index in [0.29, 0.717) is 28.2 Å². The van der Waals surface area contributed by atoms with Crippen LogP contribution >= 0.6 is 23.2 Å². The van der Waals surface area contributed by atoms with Crippen LogP contribution < -0.4 is 10.1 Å². The van der Waals surface area contributed by atoms with Gasteiger partial charge in [-0.2, -0.15) is 10.2 Å². The van der Waals surface area contributed by atoms with Crippen molar-refractivity contribution in [3.05, 3.63) is 94.4 Å².